The van der Waals surface area contributed by atoms with Gasteiger partial charge in [-0.05, 0) is 18.2 Å². The van der Waals surface area contributed by atoms with E-state index in [1.54, 1.807) is 12.1 Å². The van der Waals surface area contributed by atoms with Crippen LogP contribution in [0.5, 0.6) is 5.88 Å². The molecular formula is C21H18N8O6S. The van der Waals surface area contributed by atoms with E-state index in [1.165, 1.54) is 16.8 Å². The maximum Gasteiger partial charge on any atom is 0.267 e. The van der Waals surface area contributed by atoms with Crippen LogP contribution in [0.3, 0.4) is 0 Å². The number of hydrogen-bond acceptors (Lipinski definition) is 11. The van der Waals surface area contributed by atoms with Gasteiger partial charge < -0.3 is 14.4 Å². The van der Waals surface area contributed by atoms with Gasteiger partial charge in [-0.25, -0.2) is 8.42 Å². The second-order valence-electron chi connectivity index (χ2n) is 7.60. The highest BCUT2D eigenvalue weighted by Gasteiger charge is 2.19. The van der Waals surface area contributed by atoms with Crippen LogP contribution in [0.4, 0.5) is 0 Å². The molecule has 4 heterocycles. The Kier molecular flexibility index (Phi) is 6.01. The number of nitrogens with zero attached hydrogens (tertiary/aromatic N) is 6. The van der Waals surface area contributed by atoms with Gasteiger partial charge in [0.25, 0.3) is 5.91 Å². The molecule has 5 aromatic rings. The zero-order valence-corrected chi connectivity index (χ0v) is 19.4. The lowest BCUT2D eigenvalue weighted by molar-refractivity contribution is 0.0944. The van der Waals surface area contributed by atoms with E-state index < -0.39 is 15.9 Å². The third-order valence-electron chi connectivity index (χ3n) is 4.97. The molecule has 4 aromatic heterocycles. The number of rotatable bonds is 8. The van der Waals surface area contributed by atoms with Crippen LogP contribution in [-0.2, 0) is 23.2 Å². The Bertz CT molecular complexity index is 1680. The second-order valence-corrected chi connectivity index (χ2v) is 9.35. The highest BCUT2D eigenvalue weighted by atomic mass is 32.2. The first kappa shape index (κ1) is 23.3. The van der Waals surface area contributed by atoms with E-state index >= 15 is 0 Å². The number of pyridine rings is 1. The van der Waals surface area contributed by atoms with Gasteiger partial charge >= 0.3 is 0 Å². The summed E-state index contributed by atoms with van der Waals surface area (Å²) in [5, 5.41) is 27.6. The average Bonchev–Trinajstić information content (AvgIpc) is 3.52. The summed E-state index contributed by atoms with van der Waals surface area (Å²) in [5.74, 6) is 0.205. The van der Waals surface area contributed by atoms with Crippen LogP contribution >= 0.6 is 0 Å². The monoisotopic (exact) mass is 510 g/mol. The summed E-state index contributed by atoms with van der Waals surface area (Å²) in [5.41, 5.74) is 3.57. The summed E-state index contributed by atoms with van der Waals surface area (Å²) in [6.45, 7) is -0.280. The third-order valence-corrected chi connectivity index (χ3v) is 5.44. The Hall–Kier alpha value is -4.47. The minimum absolute atomic E-state index is 0.0298. The van der Waals surface area contributed by atoms with Crippen molar-refractivity contribution in [3.8, 4) is 17.4 Å². The number of hydrogen-bond donors (Lipinski definition) is 3. The van der Waals surface area contributed by atoms with E-state index in [2.05, 4.69) is 30.9 Å². The number of aliphatic hydroxyl groups excluding tert-OH is 1. The van der Waals surface area contributed by atoms with E-state index in [-0.39, 0.29) is 30.4 Å². The molecule has 15 heteroatoms. The first-order valence-electron chi connectivity index (χ1n) is 10.4. The standard InChI is InChI=1S/C21H18N8O6S/c1-36(32,33)28-25-20(31)12-6-7-13(22-9-12)11-34-21-16-5-3-2-4-15(16)18-23-24-19(29(18)26-21)17-8-14(10-30)35-27-17/h2-9,28,30H,10-11H2,1H3,(H,25,31). The van der Waals surface area contributed by atoms with Crippen LogP contribution < -0.4 is 15.0 Å². The predicted molar refractivity (Wildman–Crippen MR) is 124 cm³/mol. The molecule has 3 N–H and O–H groups in total. The highest BCUT2D eigenvalue weighted by molar-refractivity contribution is 7.88. The van der Waals surface area contributed by atoms with Gasteiger partial charge in [-0.1, -0.05) is 23.4 Å². The number of aliphatic hydroxyl groups is 1. The molecule has 1 amide bonds. The summed E-state index contributed by atoms with van der Waals surface area (Å²) in [4.78, 5) is 18.1. The maximum atomic E-state index is 12.0. The number of carbonyl (C=O) groups is 1. The number of carbonyl (C=O) groups excluding carboxylic acids is 1. The first-order chi connectivity index (χ1) is 17.3. The molecule has 0 fully saturated rings. The quantitative estimate of drug-likeness (QED) is 0.248. The van der Waals surface area contributed by atoms with E-state index in [0.717, 1.165) is 11.6 Å². The number of aromatic nitrogens is 6. The second kappa shape index (κ2) is 9.29. The van der Waals surface area contributed by atoms with Crippen LogP contribution in [0.15, 0.2) is 53.2 Å². The topological polar surface area (TPSA) is 187 Å². The van der Waals surface area contributed by atoms with Crippen molar-refractivity contribution in [2.45, 2.75) is 13.2 Å². The van der Waals surface area contributed by atoms with Gasteiger partial charge in [-0.2, -0.15) is 4.52 Å². The molecule has 0 atom stereocenters. The summed E-state index contributed by atoms with van der Waals surface area (Å²) in [7, 11) is -3.59. The van der Waals surface area contributed by atoms with Gasteiger partial charge in [-0.15, -0.1) is 20.1 Å². The number of nitrogens with one attached hydrogen (secondary N) is 2. The van der Waals surface area contributed by atoms with E-state index in [4.69, 9.17) is 9.26 Å². The van der Waals surface area contributed by atoms with Crippen molar-refractivity contribution < 1.29 is 27.6 Å². The molecule has 0 radical (unpaired) electrons. The molecule has 0 bridgehead atoms. The Labute approximate surface area is 202 Å². The largest absolute Gasteiger partial charge is 0.470 e. The number of hydrazine groups is 1. The molecule has 0 unspecified atom stereocenters. The minimum Gasteiger partial charge on any atom is -0.470 e. The van der Waals surface area contributed by atoms with Crippen molar-refractivity contribution in [3.05, 3.63) is 65.7 Å². The summed E-state index contributed by atoms with van der Waals surface area (Å²) < 4.78 is 34.7. The molecule has 1 aromatic carbocycles. The van der Waals surface area contributed by atoms with Gasteiger partial charge in [0.15, 0.2) is 17.1 Å². The molecular weight excluding hydrogens is 492 g/mol. The molecule has 0 aliphatic carbocycles. The van der Waals surface area contributed by atoms with Gasteiger partial charge in [0.2, 0.25) is 21.7 Å². The molecule has 0 spiro atoms. The average molecular weight is 510 g/mol. The van der Waals surface area contributed by atoms with Crippen molar-refractivity contribution in [1.29, 1.82) is 0 Å². The highest BCUT2D eigenvalue weighted by Crippen LogP contribution is 2.29. The fraction of sp³-hybridized carbons (Fsp3) is 0.143. The summed E-state index contributed by atoms with van der Waals surface area (Å²) in [6, 6.07) is 12.0. The Morgan fingerprint density at radius 2 is 1.97 bits per heavy atom. The number of sulfonamides is 1. The van der Waals surface area contributed by atoms with Crippen LogP contribution in [0, 0.1) is 0 Å². The SMILES string of the molecule is CS(=O)(=O)NNC(=O)c1ccc(COc2nn3c(-c4cc(CO)on4)nnc3c3ccccc23)nc1. The molecule has 0 saturated heterocycles. The summed E-state index contributed by atoms with van der Waals surface area (Å²) in [6.07, 6.45) is 2.22. The van der Waals surface area contributed by atoms with Gasteiger partial charge in [0.1, 0.15) is 13.2 Å². The van der Waals surface area contributed by atoms with E-state index in [9.17, 15) is 18.3 Å². The lowest BCUT2D eigenvalue weighted by Crippen LogP contribution is -2.40. The van der Waals surface area contributed by atoms with Crippen LogP contribution in [0.25, 0.3) is 27.9 Å². The number of ether oxygens (including phenoxy) is 1. The Morgan fingerprint density at radius 1 is 1.17 bits per heavy atom. The smallest absolute Gasteiger partial charge is 0.267 e. The van der Waals surface area contributed by atoms with Crippen molar-refractivity contribution in [1.82, 2.24) is 40.2 Å². The Morgan fingerprint density at radius 3 is 2.67 bits per heavy atom. The zero-order chi connectivity index (χ0) is 25.3. The molecule has 0 aliphatic rings. The normalized spacial score (nSPS) is 11.7. The fourth-order valence-electron chi connectivity index (χ4n) is 3.31. The molecule has 0 aliphatic heterocycles. The van der Waals surface area contributed by atoms with Crippen LogP contribution in [-0.4, -0.2) is 55.6 Å². The lowest BCUT2D eigenvalue weighted by atomic mass is 10.2. The molecule has 14 nitrogen and oxygen atoms in total. The van der Waals surface area contributed by atoms with E-state index in [0.29, 0.717) is 28.2 Å². The van der Waals surface area contributed by atoms with Gasteiger partial charge in [0, 0.05) is 23.0 Å². The molecule has 0 saturated carbocycles. The first-order valence-corrected chi connectivity index (χ1v) is 12.3. The Balaban J connectivity index is 1.41. The number of fused-ring (bicyclic) bond motifs is 3. The molecule has 36 heavy (non-hydrogen) atoms. The van der Waals surface area contributed by atoms with Crippen LogP contribution in [0.1, 0.15) is 21.8 Å². The number of benzene rings is 1. The van der Waals surface area contributed by atoms with Crippen LogP contribution in [0.2, 0.25) is 0 Å². The van der Waals surface area contributed by atoms with Crippen molar-refractivity contribution in [2.75, 3.05) is 6.26 Å². The van der Waals surface area contributed by atoms with Crippen molar-refractivity contribution in [2.24, 2.45) is 0 Å². The predicted octanol–water partition coefficient (Wildman–Crippen LogP) is 0.593. The molecule has 184 valence electrons. The van der Waals surface area contributed by atoms with Gasteiger partial charge in [-0.3, -0.25) is 15.2 Å². The van der Waals surface area contributed by atoms with Gasteiger partial charge in [0.05, 0.1) is 17.5 Å². The van der Waals surface area contributed by atoms with Crippen molar-refractivity contribution >= 4 is 32.4 Å². The zero-order valence-electron chi connectivity index (χ0n) is 18.6. The molecule has 5 rings (SSSR count). The summed E-state index contributed by atoms with van der Waals surface area (Å²) >= 11 is 0. The van der Waals surface area contributed by atoms with Crippen molar-refractivity contribution in [3.63, 3.8) is 0 Å². The van der Waals surface area contributed by atoms with E-state index in [1.807, 2.05) is 29.1 Å². The minimum atomic E-state index is -3.59. The maximum absolute atomic E-state index is 12.0. The number of amides is 1. The lowest BCUT2D eigenvalue weighted by Gasteiger charge is -2.10. The fourth-order valence-corrected chi connectivity index (χ4v) is 3.59. The third kappa shape index (κ3) is 4.70.